The van der Waals surface area contributed by atoms with Gasteiger partial charge in [-0.15, -0.1) is 0 Å². The number of hydrogen-bond acceptors (Lipinski definition) is 3. The maximum absolute atomic E-state index is 11.9. The smallest absolute Gasteiger partial charge is 0.409 e. The molecule has 1 saturated heterocycles. The number of rotatable bonds is 5. The number of benzene rings is 1. The van der Waals surface area contributed by atoms with Crippen LogP contribution in [0.25, 0.3) is 0 Å². The highest BCUT2D eigenvalue weighted by Gasteiger charge is 2.21. The second kappa shape index (κ2) is 6.41. The zero-order valence-corrected chi connectivity index (χ0v) is 11.9. The zero-order chi connectivity index (χ0) is 14.5. The highest BCUT2D eigenvalue weighted by Crippen LogP contribution is 2.16. The summed E-state index contributed by atoms with van der Waals surface area (Å²) in [5.74, 6) is -0.0236. The van der Waals surface area contributed by atoms with Crippen LogP contribution in [0.5, 0.6) is 0 Å². The molecular weight excluding hydrogens is 256 g/mol. The number of carbonyl (C=O) groups excluding carboxylic acids is 2. The van der Waals surface area contributed by atoms with Gasteiger partial charge in [-0.2, -0.15) is 0 Å². The van der Waals surface area contributed by atoms with Crippen molar-refractivity contribution in [3.8, 4) is 0 Å². The van der Waals surface area contributed by atoms with Gasteiger partial charge < -0.3 is 15.0 Å². The van der Waals surface area contributed by atoms with Gasteiger partial charge in [-0.05, 0) is 31.9 Å². The van der Waals surface area contributed by atoms with Gasteiger partial charge in [0.05, 0.1) is 6.54 Å². The number of ether oxygens (including phenoxy) is 1. The average Bonchev–Trinajstić information content (AvgIpc) is 2.79. The van der Waals surface area contributed by atoms with Crippen LogP contribution in [0.4, 0.5) is 10.5 Å². The predicted molar refractivity (Wildman–Crippen MR) is 76.7 cm³/mol. The summed E-state index contributed by atoms with van der Waals surface area (Å²) in [4.78, 5) is 24.7. The quantitative estimate of drug-likeness (QED) is 0.898. The van der Waals surface area contributed by atoms with E-state index in [-0.39, 0.29) is 12.0 Å². The van der Waals surface area contributed by atoms with Crippen LogP contribution < -0.4 is 5.32 Å². The average molecular weight is 276 g/mol. The Morgan fingerprint density at radius 2 is 2.20 bits per heavy atom. The molecule has 108 valence electrons. The fourth-order valence-corrected chi connectivity index (χ4v) is 2.23. The lowest BCUT2D eigenvalue weighted by Gasteiger charge is -2.12. The largest absolute Gasteiger partial charge is 0.448 e. The molecule has 20 heavy (non-hydrogen) atoms. The molecule has 0 radical (unpaired) electrons. The second-order valence-electron chi connectivity index (χ2n) is 5.07. The number of anilines is 1. The van der Waals surface area contributed by atoms with Gasteiger partial charge in [-0.1, -0.05) is 17.7 Å². The standard InChI is InChI=1S/C15H20N2O3/c1-11-5-6-13(12(2)10-11)16-14(18)4-3-7-17-8-9-20-15(17)19/h5-6,10H,3-4,7-9H2,1-2H3,(H,16,18). The number of aryl methyl sites for hydroxylation is 2. The molecule has 1 N–H and O–H groups in total. The first-order chi connectivity index (χ1) is 9.56. The van der Waals surface area contributed by atoms with E-state index < -0.39 is 0 Å². The van der Waals surface area contributed by atoms with Crippen molar-refractivity contribution in [3.05, 3.63) is 29.3 Å². The van der Waals surface area contributed by atoms with Gasteiger partial charge in [0, 0.05) is 18.7 Å². The maximum atomic E-state index is 11.9. The van der Waals surface area contributed by atoms with Crippen molar-refractivity contribution < 1.29 is 14.3 Å². The first-order valence-corrected chi connectivity index (χ1v) is 6.85. The van der Waals surface area contributed by atoms with Crippen molar-refractivity contribution in [1.82, 2.24) is 4.90 Å². The second-order valence-corrected chi connectivity index (χ2v) is 5.07. The Morgan fingerprint density at radius 1 is 1.40 bits per heavy atom. The van der Waals surface area contributed by atoms with Gasteiger partial charge in [0.15, 0.2) is 0 Å². The summed E-state index contributed by atoms with van der Waals surface area (Å²) in [6.07, 6.45) is 0.767. The maximum Gasteiger partial charge on any atom is 0.409 e. The van der Waals surface area contributed by atoms with E-state index in [1.807, 2.05) is 32.0 Å². The van der Waals surface area contributed by atoms with Crippen molar-refractivity contribution in [2.45, 2.75) is 26.7 Å². The molecule has 0 spiro atoms. The van der Waals surface area contributed by atoms with Crippen LogP contribution in [0.3, 0.4) is 0 Å². The van der Waals surface area contributed by atoms with E-state index in [2.05, 4.69) is 5.32 Å². The van der Waals surface area contributed by atoms with Crippen molar-refractivity contribution in [1.29, 1.82) is 0 Å². The Labute approximate surface area is 118 Å². The molecule has 0 unspecified atom stereocenters. The molecule has 1 aromatic carbocycles. The number of nitrogens with zero attached hydrogens (tertiary/aromatic N) is 1. The molecule has 0 saturated carbocycles. The minimum Gasteiger partial charge on any atom is -0.448 e. The van der Waals surface area contributed by atoms with Crippen LogP contribution in [0.15, 0.2) is 18.2 Å². The van der Waals surface area contributed by atoms with E-state index in [4.69, 9.17) is 4.74 Å². The van der Waals surface area contributed by atoms with Crippen LogP contribution >= 0.6 is 0 Å². The number of cyclic esters (lactones) is 1. The van der Waals surface area contributed by atoms with E-state index in [0.29, 0.717) is 32.5 Å². The highest BCUT2D eigenvalue weighted by molar-refractivity contribution is 5.91. The number of nitrogens with one attached hydrogen (secondary N) is 1. The third-order valence-electron chi connectivity index (χ3n) is 3.33. The van der Waals surface area contributed by atoms with E-state index in [9.17, 15) is 9.59 Å². The molecule has 5 heteroatoms. The first-order valence-electron chi connectivity index (χ1n) is 6.85. The molecule has 1 fully saturated rings. The monoisotopic (exact) mass is 276 g/mol. The Hall–Kier alpha value is -2.04. The van der Waals surface area contributed by atoms with E-state index in [1.54, 1.807) is 4.90 Å². The normalized spacial score (nSPS) is 14.3. The summed E-state index contributed by atoms with van der Waals surface area (Å²) in [7, 11) is 0. The van der Waals surface area contributed by atoms with Crippen LogP contribution in [0, 0.1) is 13.8 Å². The van der Waals surface area contributed by atoms with Crippen LogP contribution in [0.1, 0.15) is 24.0 Å². The summed E-state index contributed by atoms with van der Waals surface area (Å²) < 4.78 is 4.83. The van der Waals surface area contributed by atoms with E-state index >= 15 is 0 Å². The number of amides is 2. The van der Waals surface area contributed by atoms with E-state index in [0.717, 1.165) is 11.3 Å². The van der Waals surface area contributed by atoms with Crippen molar-refractivity contribution >= 4 is 17.7 Å². The molecule has 0 bridgehead atoms. The molecule has 2 rings (SSSR count). The highest BCUT2D eigenvalue weighted by atomic mass is 16.6. The third kappa shape index (κ3) is 3.73. The first kappa shape index (κ1) is 14.4. The van der Waals surface area contributed by atoms with Crippen LogP contribution in [0.2, 0.25) is 0 Å². The lowest BCUT2D eigenvalue weighted by atomic mass is 10.1. The van der Waals surface area contributed by atoms with E-state index in [1.165, 1.54) is 5.56 Å². The van der Waals surface area contributed by atoms with Crippen molar-refractivity contribution in [3.63, 3.8) is 0 Å². The van der Waals surface area contributed by atoms with Gasteiger partial charge in [0.1, 0.15) is 6.61 Å². The Morgan fingerprint density at radius 3 is 2.85 bits per heavy atom. The number of carbonyl (C=O) groups is 2. The molecule has 1 heterocycles. The van der Waals surface area contributed by atoms with Crippen LogP contribution in [-0.2, 0) is 9.53 Å². The van der Waals surface area contributed by atoms with Gasteiger partial charge in [0.2, 0.25) is 5.91 Å². The summed E-state index contributed by atoms with van der Waals surface area (Å²) in [6.45, 7) is 5.64. The van der Waals surface area contributed by atoms with Crippen LogP contribution in [-0.4, -0.2) is 36.6 Å². The minimum atomic E-state index is -0.278. The van der Waals surface area contributed by atoms with Crippen molar-refractivity contribution in [2.24, 2.45) is 0 Å². The SMILES string of the molecule is Cc1ccc(NC(=O)CCCN2CCOC2=O)c(C)c1. The van der Waals surface area contributed by atoms with Gasteiger partial charge in [-0.25, -0.2) is 4.79 Å². The van der Waals surface area contributed by atoms with Gasteiger partial charge in [0.25, 0.3) is 0 Å². The van der Waals surface area contributed by atoms with Gasteiger partial charge in [-0.3, -0.25) is 4.79 Å². The summed E-state index contributed by atoms with van der Waals surface area (Å²) in [5, 5.41) is 2.90. The fourth-order valence-electron chi connectivity index (χ4n) is 2.23. The molecule has 0 aromatic heterocycles. The van der Waals surface area contributed by atoms with Gasteiger partial charge >= 0.3 is 6.09 Å². The fraction of sp³-hybridized carbons (Fsp3) is 0.467. The topological polar surface area (TPSA) is 58.6 Å². The Balaban J connectivity index is 1.76. The third-order valence-corrected chi connectivity index (χ3v) is 3.33. The predicted octanol–water partition coefficient (Wildman–Crippen LogP) is 2.47. The minimum absolute atomic E-state index is 0.0236. The molecule has 2 amide bonds. The molecule has 5 nitrogen and oxygen atoms in total. The molecular formula is C15H20N2O3. The summed E-state index contributed by atoms with van der Waals surface area (Å²) >= 11 is 0. The molecule has 1 aromatic rings. The summed E-state index contributed by atoms with van der Waals surface area (Å²) in [5.41, 5.74) is 3.08. The Kier molecular flexibility index (Phi) is 4.61. The lowest BCUT2D eigenvalue weighted by Crippen LogP contribution is -2.26. The Bertz CT molecular complexity index is 514. The molecule has 0 aliphatic carbocycles. The molecule has 1 aliphatic rings. The molecule has 1 aliphatic heterocycles. The number of hydrogen-bond donors (Lipinski definition) is 1. The zero-order valence-electron chi connectivity index (χ0n) is 11.9. The summed E-state index contributed by atoms with van der Waals surface area (Å²) in [6, 6.07) is 5.93. The van der Waals surface area contributed by atoms with Crippen molar-refractivity contribution in [2.75, 3.05) is 25.0 Å². The molecule has 0 atom stereocenters. The lowest BCUT2D eigenvalue weighted by molar-refractivity contribution is -0.116.